The first kappa shape index (κ1) is 16.5. The lowest BCUT2D eigenvalue weighted by Gasteiger charge is -2.08. The summed E-state index contributed by atoms with van der Waals surface area (Å²) >= 11 is 1.84. The van der Waals surface area contributed by atoms with Gasteiger partial charge in [0.2, 0.25) is 0 Å². The van der Waals surface area contributed by atoms with Crippen molar-refractivity contribution in [3.63, 3.8) is 0 Å². The fourth-order valence-corrected chi connectivity index (χ4v) is 2.30. The van der Waals surface area contributed by atoms with Crippen molar-refractivity contribution in [1.82, 2.24) is 5.32 Å². The molecular formula is C15H25NO2S. The molecule has 1 aromatic carbocycles. The maximum Gasteiger partial charge on any atom is 0.0587 e. The van der Waals surface area contributed by atoms with Crippen LogP contribution in [0, 0.1) is 0 Å². The number of benzene rings is 1. The van der Waals surface area contributed by atoms with Gasteiger partial charge in [-0.15, -0.1) is 11.8 Å². The molecule has 4 heteroatoms. The highest BCUT2D eigenvalue weighted by molar-refractivity contribution is 7.99. The Labute approximate surface area is 121 Å². The maximum absolute atomic E-state index is 5.52. The molecule has 0 bridgehead atoms. The summed E-state index contributed by atoms with van der Waals surface area (Å²) in [5.74, 6) is 1.00. The number of ether oxygens (including phenoxy) is 2. The monoisotopic (exact) mass is 283 g/mol. The Morgan fingerprint density at radius 3 is 2.53 bits per heavy atom. The Morgan fingerprint density at radius 1 is 1.16 bits per heavy atom. The van der Waals surface area contributed by atoms with Crippen LogP contribution in [0.1, 0.15) is 19.4 Å². The van der Waals surface area contributed by atoms with E-state index in [2.05, 4.69) is 43.4 Å². The molecule has 0 amide bonds. The Balaban J connectivity index is 2.19. The standard InChI is InChI=1S/C15H25NO2S/c1-13(2)18-10-11-19-15-6-4-14(5-7-15)12-16-8-9-17-3/h4-7,13,16H,8-12H2,1-3H3. The molecule has 19 heavy (non-hydrogen) atoms. The zero-order valence-corrected chi connectivity index (χ0v) is 13.0. The van der Waals surface area contributed by atoms with Crippen molar-refractivity contribution in [3.05, 3.63) is 29.8 Å². The number of hydrogen-bond donors (Lipinski definition) is 1. The number of rotatable bonds is 10. The molecule has 1 aromatic rings. The van der Waals surface area contributed by atoms with Gasteiger partial charge in [0.1, 0.15) is 0 Å². The lowest BCUT2D eigenvalue weighted by molar-refractivity contribution is 0.0920. The molecule has 0 spiro atoms. The SMILES string of the molecule is COCCNCc1ccc(SCCOC(C)C)cc1. The third kappa shape index (κ3) is 8.26. The van der Waals surface area contributed by atoms with Gasteiger partial charge < -0.3 is 14.8 Å². The zero-order chi connectivity index (χ0) is 13.9. The van der Waals surface area contributed by atoms with E-state index < -0.39 is 0 Å². The van der Waals surface area contributed by atoms with Crippen LogP contribution in [-0.4, -0.2) is 38.7 Å². The molecule has 1 rings (SSSR count). The topological polar surface area (TPSA) is 30.5 Å². The number of hydrogen-bond acceptors (Lipinski definition) is 4. The average molecular weight is 283 g/mol. The van der Waals surface area contributed by atoms with Crippen molar-refractivity contribution in [3.8, 4) is 0 Å². The van der Waals surface area contributed by atoms with Crippen molar-refractivity contribution >= 4 is 11.8 Å². The van der Waals surface area contributed by atoms with E-state index >= 15 is 0 Å². The van der Waals surface area contributed by atoms with Crippen LogP contribution in [0.4, 0.5) is 0 Å². The second-order valence-corrected chi connectivity index (χ2v) is 5.75. The van der Waals surface area contributed by atoms with E-state index in [-0.39, 0.29) is 0 Å². The zero-order valence-electron chi connectivity index (χ0n) is 12.1. The lowest BCUT2D eigenvalue weighted by atomic mass is 10.2. The predicted octanol–water partition coefficient (Wildman–Crippen LogP) is 2.94. The molecule has 0 heterocycles. The van der Waals surface area contributed by atoms with Gasteiger partial charge in [0.25, 0.3) is 0 Å². The first-order valence-electron chi connectivity index (χ1n) is 6.75. The summed E-state index contributed by atoms with van der Waals surface area (Å²) in [6.07, 6.45) is 0.321. The summed E-state index contributed by atoms with van der Waals surface area (Å²) in [6, 6.07) is 8.69. The van der Waals surface area contributed by atoms with E-state index in [1.165, 1.54) is 10.5 Å². The van der Waals surface area contributed by atoms with Crippen LogP contribution in [0.25, 0.3) is 0 Å². The van der Waals surface area contributed by atoms with Crippen LogP contribution in [0.15, 0.2) is 29.2 Å². The van der Waals surface area contributed by atoms with Gasteiger partial charge in [-0.3, -0.25) is 0 Å². The van der Waals surface area contributed by atoms with Crippen LogP contribution in [-0.2, 0) is 16.0 Å². The molecule has 0 unspecified atom stereocenters. The van der Waals surface area contributed by atoms with Crippen LogP contribution in [0.5, 0.6) is 0 Å². The van der Waals surface area contributed by atoms with E-state index in [4.69, 9.17) is 9.47 Å². The fraction of sp³-hybridized carbons (Fsp3) is 0.600. The lowest BCUT2D eigenvalue weighted by Crippen LogP contribution is -2.18. The number of nitrogens with one attached hydrogen (secondary N) is 1. The highest BCUT2D eigenvalue weighted by atomic mass is 32.2. The Bertz CT molecular complexity index is 327. The van der Waals surface area contributed by atoms with E-state index in [1.807, 2.05) is 11.8 Å². The van der Waals surface area contributed by atoms with Gasteiger partial charge in [-0.25, -0.2) is 0 Å². The third-order valence-electron chi connectivity index (χ3n) is 2.54. The molecule has 3 nitrogen and oxygen atoms in total. The van der Waals surface area contributed by atoms with Crippen molar-refractivity contribution in [2.45, 2.75) is 31.4 Å². The molecule has 1 N–H and O–H groups in total. The van der Waals surface area contributed by atoms with E-state index in [0.29, 0.717) is 6.10 Å². The smallest absolute Gasteiger partial charge is 0.0587 e. The average Bonchev–Trinajstić information content (AvgIpc) is 2.41. The minimum atomic E-state index is 0.321. The summed E-state index contributed by atoms with van der Waals surface area (Å²) in [7, 11) is 1.72. The van der Waals surface area contributed by atoms with Gasteiger partial charge in [-0.2, -0.15) is 0 Å². The molecule has 0 radical (unpaired) electrons. The molecule has 0 aliphatic carbocycles. The largest absolute Gasteiger partial charge is 0.383 e. The predicted molar refractivity (Wildman–Crippen MR) is 81.8 cm³/mol. The first-order chi connectivity index (χ1) is 9.22. The Hall–Kier alpha value is -0.550. The van der Waals surface area contributed by atoms with Gasteiger partial charge in [-0.1, -0.05) is 12.1 Å². The number of methoxy groups -OCH3 is 1. The molecule has 0 saturated heterocycles. The quantitative estimate of drug-likeness (QED) is 0.528. The second-order valence-electron chi connectivity index (χ2n) is 4.58. The fourth-order valence-electron chi connectivity index (χ4n) is 1.55. The summed E-state index contributed by atoms with van der Waals surface area (Å²) in [6.45, 7) is 7.48. The molecule has 0 aliphatic heterocycles. The summed E-state index contributed by atoms with van der Waals surface area (Å²) in [5.41, 5.74) is 1.30. The van der Waals surface area contributed by atoms with Crippen LogP contribution in [0.3, 0.4) is 0 Å². The normalized spacial score (nSPS) is 11.2. The van der Waals surface area contributed by atoms with Crippen molar-refractivity contribution in [2.24, 2.45) is 0 Å². The van der Waals surface area contributed by atoms with Crippen molar-refractivity contribution in [2.75, 3.05) is 32.6 Å². The Kier molecular flexibility index (Phi) is 8.91. The molecule has 0 aliphatic rings. The molecule has 0 aromatic heterocycles. The highest BCUT2D eigenvalue weighted by Gasteiger charge is 1.97. The van der Waals surface area contributed by atoms with Crippen LogP contribution < -0.4 is 5.32 Å². The maximum atomic E-state index is 5.52. The van der Waals surface area contributed by atoms with Gasteiger partial charge in [-0.05, 0) is 31.5 Å². The van der Waals surface area contributed by atoms with Crippen LogP contribution in [0.2, 0.25) is 0 Å². The molecule has 0 fully saturated rings. The van der Waals surface area contributed by atoms with E-state index in [9.17, 15) is 0 Å². The summed E-state index contributed by atoms with van der Waals surface area (Å²) < 4.78 is 10.5. The summed E-state index contributed by atoms with van der Waals surface area (Å²) in [4.78, 5) is 1.30. The van der Waals surface area contributed by atoms with Gasteiger partial charge in [0.15, 0.2) is 0 Å². The van der Waals surface area contributed by atoms with E-state index in [0.717, 1.165) is 32.1 Å². The first-order valence-corrected chi connectivity index (χ1v) is 7.74. The molecule has 0 atom stereocenters. The molecule has 0 saturated carbocycles. The summed E-state index contributed by atoms with van der Waals surface area (Å²) in [5, 5.41) is 3.34. The van der Waals surface area contributed by atoms with Gasteiger partial charge in [0, 0.05) is 30.8 Å². The Morgan fingerprint density at radius 2 is 1.89 bits per heavy atom. The molecular weight excluding hydrogens is 258 g/mol. The van der Waals surface area contributed by atoms with Crippen molar-refractivity contribution in [1.29, 1.82) is 0 Å². The highest BCUT2D eigenvalue weighted by Crippen LogP contribution is 2.18. The van der Waals surface area contributed by atoms with Crippen LogP contribution >= 0.6 is 11.8 Å². The minimum Gasteiger partial charge on any atom is -0.383 e. The number of thioether (sulfide) groups is 1. The third-order valence-corrected chi connectivity index (χ3v) is 3.51. The van der Waals surface area contributed by atoms with Gasteiger partial charge >= 0.3 is 0 Å². The van der Waals surface area contributed by atoms with Gasteiger partial charge in [0.05, 0.1) is 19.3 Å². The van der Waals surface area contributed by atoms with Crippen molar-refractivity contribution < 1.29 is 9.47 Å². The molecule has 108 valence electrons. The van der Waals surface area contributed by atoms with E-state index in [1.54, 1.807) is 7.11 Å². The minimum absolute atomic E-state index is 0.321. The second kappa shape index (κ2) is 10.3.